The molecule has 0 spiro atoms. The third-order valence-electron chi connectivity index (χ3n) is 2.93. The molecule has 1 amide bonds. The van der Waals surface area contributed by atoms with Crippen LogP contribution < -0.4 is 15.4 Å². The highest BCUT2D eigenvalue weighted by Gasteiger charge is 2.06. The molecule has 2 aromatic carbocycles. The van der Waals surface area contributed by atoms with Gasteiger partial charge in [-0.05, 0) is 42.8 Å². The van der Waals surface area contributed by atoms with E-state index in [-0.39, 0.29) is 18.1 Å². The summed E-state index contributed by atoms with van der Waals surface area (Å²) in [6.07, 6.45) is 0.955. The minimum atomic E-state index is -0.451. The molecule has 0 aliphatic carbocycles. The lowest BCUT2D eigenvalue weighted by Crippen LogP contribution is -2.22. The predicted octanol–water partition coefficient (Wildman–Crippen LogP) is 3.67. The van der Waals surface area contributed by atoms with Gasteiger partial charge in [0.05, 0.1) is 18.8 Å². The summed E-state index contributed by atoms with van der Waals surface area (Å²) in [5.74, 6) is 0.0351. The molecule has 2 aromatic rings. The minimum Gasteiger partial charge on any atom is -0.494 e. The topological polar surface area (TPSA) is 50.4 Å². The first kappa shape index (κ1) is 15.8. The Kier molecular flexibility index (Phi) is 5.77. The second kappa shape index (κ2) is 8.02. The molecule has 2 rings (SSSR count). The number of hydrogen-bond acceptors (Lipinski definition) is 3. The molecule has 0 heterocycles. The van der Waals surface area contributed by atoms with E-state index in [1.54, 1.807) is 12.1 Å². The van der Waals surface area contributed by atoms with Crippen LogP contribution in [0.2, 0.25) is 0 Å². The van der Waals surface area contributed by atoms with Crippen LogP contribution in [0.25, 0.3) is 0 Å². The van der Waals surface area contributed by atoms with E-state index < -0.39 is 5.82 Å². The summed E-state index contributed by atoms with van der Waals surface area (Å²) in [6, 6.07) is 13.4. The first-order chi connectivity index (χ1) is 10.7. The van der Waals surface area contributed by atoms with Crippen molar-refractivity contribution in [1.29, 1.82) is 0 Å². The number of carbonyl (C=O) groups is 1. The average molecular weight is 302 g/mol. The lowest BCUT2D eigenvalue weighted by molar-refractivity contribution is -0.114. The van der Waals surface area contributed by atoms with Crippen LogP contribution in [-0.4, -0.2) is 19.1 Å². The van der Waals surface area contributed by atoms with E-state index in [1.165, 1.54) is 12.1 Å². The molecular weight excluding hydrogens is 283 g/mol. The van der Waals surface area contributed by atoms with Crippen molar-refractivity contribution in [2.75, 3.05) is 23.8 Å². The van der Waals surface area contributed by atoms with Crippen molar-refractivity contribution < 1.29 is 13.9 Å². The van der Waals surface area contributed by atoms with Gasteiger partial charge in [-0.3, -0.25) is 4.79 Å². The fourth-order valence-electron chi connectivity index (χ4n) is 1.83. The summed E-state index contributed by atoms with van der Waals surface area (Å²) in [7, 11) is 0. The van der Waals surface area contributed by atoms with Gasteiger partial charge in [0.25, 0.3) is 0 Å². The van der Waals surface area contributed by atoms with Gasteiger partial charge >= 0.3 is 0 Å². The highest BCUT2D eigenvalue weighted by atomic mass is 19.1. The van der Waals surface area contributed by atoms with Crippen molar-refractivity contribution in [3.05, 3.63) is 54.3 Å². The van der Waals surface area contributed by atoms with Crippen LogP contribution in [0.5, 0.6) is 5.75 Å². The minimum absolute atomic E-state index is 0.0590. The zero-order valence-electron chi connectivity index (χ0n) is 12.4. The normalized spacial score (nSPS) is 10.1. The van der Waals surface area contributed by atoms with Crippen LogP contribution in [0.3, 0.4) is 0 Å². The van der Waals surface area contributed by atoms with E-state index in [0.717, 1.165) is 17.9 Å². The summed E-state index contributed by atoms with van der Waals surface area (Å²) in [5.41, 5.74) is 0.977. The number of halogens is 1. The summed E-state index contributed by atoms with van der Waals surface area (Å²) in [5, 5.41) is 5.50. The number of carbonyl (C=O) groups excluding carboxylic acids is 1. The van der Waals surface area contributed by atoms with Crippen LogP contribution in [-0.2, 0) is 4.79 Å². The molecule has 0 aromatic heterocycles. The smallest absolute Gasteiger partial charge is 0.243 e. The number of benzene rings is 2. The highest BCUT2D eigenvalue weighted by molar-refractivity contribution is 5.93. The van der Waals surface area contributed by atoms with Crippen molar-refractivity contribution >= 4 is 17.3 Å². The van der Waals surface area contributed by atoms with Gasteiger partial charge in [-0.2, -0.15) is 0 Å². The fourth-order valence-corrected chi connectivity index (χ4v) is 1.83. The van der Waals surface area contributed by atoms with E-state index in [4.69, 9.17) is 4.74 Å². The van der Waals surface area contributed by atoms with E-state index in [2.05, 4.69) is 10.6 Å². The van der Waals surface area contributed by atoms with Gasteiger partial charge in [-0.15, -0.1) is 0 Å². The van der Waals surface area contributed by atoms with Gasteiger partial charge in [-0.25, -0.2) is 4.39 Å². The predicted molar refractivity (Wildman–Crippen MR) is 85.7 cm³/mol. The third-order valence-corrected chi connectivity index (χ3v) is 2.93. The van der Waals surface area contributed by atoms with Crippen molar-refractivity contribution in [3.8, 4) is 5.75 Å². The summed E-state index contributed by atoms with van der Waals surface area (Å²) in [4.78, 5) is 11.8. The maximum absolute atomic E-state index is 13.4. The van der Waals surface area contributed by atoms with Crippen molar-refractivity contribution in [3.63, 3.8) is 0 Å². The van der Waals surface area contributed by atoms with Crippen LogP contribution in [0.4, 0.5) is 15.8 Å². The molecule has 116 valence electrons. The molecule has 0 radical (unpaired) electrons. The van der Waals surface area contributed by atoms with Gasteiger partial charge in [0.15, 0.2) is 0 Å². The zero-order chi connectivity index (χ0) is 15.8. The second-order valence-electron chi connectivity index (χ2n) is 4.75. The molecule has 0 saturated carbocycles. The number of ether oxygens (including phenoxy) is 1. The van der Waals surface area contributed by atoms with E-state index in [1.807, 2.05) is 31.2 Å². The molecule has 0 aliphatic heterocycles. The molecule has 4 nitrogen and oxygen atoms in total. The Labute approximate surface area is 129 Å². The van der Waals surface area contributed by atoms with Gasteiger partial charge in [0, 0.05) is 5.69 Å². The Hall–Kier alpha value is -2.56. The first-order valence-corrected chi connectivity index (χ1v) is 7.20. The molecule has 0 saturated heterocycles. The SMILES string of the molecule is CCCOc1ccc(NCC(=O)Nc2ccccc2F)cc1. The standard InChI is InChI=1S/C17H19FN2O2/c1-2-11-22-14-9-7-13(8-10-14)19-12-17(21)20-16-6-4-3-5-15(16)18/h3-10,19H,2,11-12H2,1H3,(H,20,21). The van der Waals surface area contributed by atoms with Crippen molar-refractivity contribution in [2.24, 2.45) is 0 Å². The summed E-state index contributed by atoms with van der Waals surface area (Å²) < 4.78 is 18.9. The molecule has 0 atom stereocenters. The van der Waals surface area contributed by atoms with Crippen molar-refractivity contribution in [1.82, 2.24) is 0 Å². The van der Waals surface area contributed by atoms with Gasteiger partial charge in [0.1, 0.15) is 11.6 Å². The Morgan fingerprint density at radius 2 is 1.86 bits per heavy atom. The Morgan fingerprint density at radius 3 is 2.55 bits per heavy atom. The second-order valence-corrected chi connectivity index (χ2v) is 4.75. The zero-order valence-corrected chi connectivity index (χ0v) is 12.4. The Bertz CT molecular complexity index is 614. The molecule has 0 aliphatic rings. The lowest BCUT2D eigenvalue weighted by atomic mass is 10.3. The largest absolute Gasteiger partial charge is 0.494 e. The molecule has 5 heteroatoms. The number of rotatable bonds is 7. The molecule has 2 N–H and O–H groups in total. The molecular formula is C17H19FN2O2. The number of para-hydroxylation sites is 1. The maximum Gasteiger partial charge on any atom is 0.243 e. The van der Waals surface area contributed by atoms with Crippen LogP contribution in [0.15, 0.2) is 48.5 Å². The fraction of sp³-hybridized carbons (Fsp3) is 0.235. The van der Waals surface area contributed by atoms with Crippen LogP contribution in [0, 0.1) is 5.82 Å². The number of amides is 1. The van der Waals surface area contributed by atoms with Crippen LogP contribution >= 0.6 is 0 Å². The molecule has 0 unspecified atom stereocenters. The number of anilines is 2. The monoisotopic (exact) mass is 302 g/mol. The van der Waals surface area contributed by atoms with E-state index >= 15 is 0 Å². The quantitative estimate of drug-likeness (QED) is 0.820. The van der Waals surface area contributed by atoms with Crippen molar-refractivity contribution in [2.45, 2.75) is 13.3 Å². The van der Waals surface area contributed by atoms with Crippen LogP contribution in [0.1, 0.15) is 13.3 Å². The Balaban J connectivity index is 1.82. The van der Waals surface area contributed by atoms with E-state index in [0.29, 0.717) is 6.61 Å². The molecule has 0 fully saturated rings. The molecule has 22 heavy (non-hydrogen) atoms. The number of nitrogens with one attached hydrogen (secondary N) is 2. The Morgan fingerprint density at radius 1 is 1.14 bits per heavy atom. The highest BCUT2D eigenvalue weighted by Crippen LogP contribution is 2.16. The van der Waals surface area contributed by atoms with Gasteiger partial charge < -0.3 is 15.4 Å². The first-order valence-electron chi connectivity index (χ1n) is 7.20. The molecule has 0 bridgehead atoms. The summed E-state index contributed by atoms with van der Waals surface area (Å²) in [6.45, 7) is 2.78. The third kappa shape index (κ3) is 4.77. The van der Waals surface area contributed by atoms with E-state index in [9.17, 15) is 9.18 Å². The summed E-state index contributed by atoms with van der Waals surface area (Å²) >= 11 is 0. The average Bonchev–Trinajstić information content (AvgIpc) is 2.54. The number of hydrogen-bond donors (Lipinski definition) is 2. The van der Waals surface area contributed by atoms with Gasteiger partial charge in [0.2, 0.25) is 5.91 Å². The van der Waals surface area contributed by atoms with Gasteiger partial charge in [-0.1, -0.05) is 19.1 Å². The lowest BCUT2D eigenvalue weighted by Gasteiger charge is -2.09. The maximum atomic E-state index is 13.4.